The largest absolute Gasteiger partial charge is 0.384 e. The van der Waals surface area contributed by atoms with Gasteiger partial charge in [-0.1, -0.05) is 48.5 Å². The van der Waals surface area contributed by atoms with Crippen molar-refractivity contribution in [2.45, 2.75) is 25.3 Å². The minimum atomic E-state index is 0.0585. The lowest BCUT2D eigenvalue weighted by Gasteiger charge is -2.16. The number of para-hydroxylation sites is 1. The molecular formula is C25H25N3O2. The van der Waals surface area contributed by atoms with E-state index in [-0.39, 0.29) is 11.7 Å². The van der Waals surface area contributed by atoms with Gasteiger partial charge in [-0.2, -0.15) is 0 Å². The van der Waals surface area contributed by atoms with Gasteiger partial charge in [-0.15, -0.1) is 0 Å². The van der Waals surface area contributed by atoms with E-state index in [4.69, 9.17) is 4.74 Å². The van der Waals surface area contributed by atoms with Crippen molar-refractivity contribution in [1.82, 2.24) is 4.98 Å². The Balaban J connectivity index is 1.40. The number of hydrogen-bond acceptors (Lipinski definition) is 5. The van der Waals surface area contributed by atoms with Gasteiger partial charge in [0.2, 0.25) is 0 Å². The number of carbonyl (C=O) groups excluding carboxylic acids is 1. The average molecular weight is 399 g/mol. The van der Waals surface area contributed by atoms with Crippen molar-refractivity contribution in [3.05, 3.63) is 95.3 Å². The number of ketones is 1. The molecule has 1 aliphatic rings. The van der Waals surface area contributed by atoms with E-state index in [1.807, 2.05) is 72.9 Å². The Morgan fingerprint density at radius 1 is 1.10 bits per heavy atom. The fraction of sp³-hybridized carbons (Fsp3) is 0.240. The maximum absolute atomic E-state index is 12.7. The molecule has 1 aromatic heterocycles. The van der Waals surface area contributed by atoms with Gasteiger partial charge >= 0.3 is 0 Å². The van der Waals surface area contributed by atoms with Crippen LogP contribution in [0, 0.1) is 0 Å². The molecule has 0 saturated heterocycles. The van der Waals surface area contributed by atoms with E-state index in [9.17, 15) is 4.79 Å². The summed E-state index contributed by atoms with van der Waals surface area (Å²) in [5, 5.41) is 3.34. The van der Waals surface area contributed by atoms with Crippen molar-refractivity contribution in [3.63, 3.8) is 0 Å². The van der Waals surface area contributed by atoms with Gasteiger partial charge in [0.15, 0.2) is 0 Å². The monoisotopic (exact) mass is 399 g/mol. The second kappa shape index (κ2) is 9.46. The Kier molecular flexibility index (Phi) is 6.30. The number of rotatable bonds is 8. The summed E-state index contributed by atoms with van der Waals surface area (Å²) in [5.74, 6) is 1.05. The zero-order chi connectivity index (χ0) is 20.8. The molecule has 1 atom stereocenters. The Morgan fingerprint density at radius 3 is 2.57 bits per heavy atom. The van der Waals surface area contributed by atoms with Crippen molar-refractivity contribution in [1.29, 1.82) is 0 Å². The Labute approximate surface area is 176 Å². The summed E-state index contributed by atoms with van der Waals surface area (Å²) in [6.07, 6.45) is 2.58. The lowest BCUT2D eigenvalue weighted by atomic mass is 9.93. The van der Waals surface area contributed by atoms with Crippen LogP contribution in [0.5, 0.6) is 0 Å². The molecule has 3 aromatic rings. The number of fused-ring (bicyclic) bond motifs is 1. The van der Waals surface area contributed by atoms with Crippen molar-refractivity contribution in [3.8, 4) is 0 Å². The van der Waals surface area contributed by atoms with Gasteiger partial charge in [-0.25, -0.2) is 0 Å². The van der Waals surface area contributed by atoms with E-state index in [2.05, 4.69) is 15.3 Å². The van der Waals surface area contributed by atoms with Gasteiger partial charge in [0.1, 0.15) is 11.6 Å². The molecule has 2 aromatic carbocycles. The molecule has 0 spiro atoms. The SMILES string of the molecule is COC[C@@H](CC(=O)Cc1cc2c(cn1)C(Nc1ccccc1)=NC2)c1ccccc1. The molecule has 0 saturated carbocycles. The lowest BCUT2D eigenvalue weighted by molar-refractivity contribution is -0.119. The van der Waals surface area contributed by atoms with E-state index in [1.165, 1.54) is 0 Å². The van der Waals surface area contributed by atoms with Crippen LogP contribution in [0.4, 0.5) is 5.69 Å². The maximum atomic E-state index is 12.7. The average Bonchev–Trinajstić information content (AvgIpc) is 3.16. The highest BCUT2D eigenvalue weighted by molar-refractivity contribution is 6.10. The van der Waals surface area contributed by atoms with Crippen LogP contribution < -0.4 is 5.32 Å². The highest BCUT2D eigenvalue weighted by Gasteiger charge is 2.20. The molecule has 0 amide bonds. The quantitative estimate of drug-likeness (QED) is 0.610. The molecule has 1 N–H and O–H groups in total. The zero-order valence-corrected chi connectivity index (χ0v) is 17.0. The number of hydrogen-bond donors (Lipinski definition) is 1. The van der Waals surface area contributed by atoms with E-state index >= 15 is 0 Å². The molecule has 30 heavy (non-hydrogen) atoms. The standard InChI is InChI=1S/C25H25N3O2/c1-30-17-20(18-8-4-2-5-9-18)13-23(29)14-22-12-19-15-27-25(24(19)16-26-22)28-21-10-6-3-7-11-21/h2-12,16,20H,13-15,17H2,1H3,(H,27,28)/t20-/m1/s1. The first-order valence-corrected chi connectivity index (χ1v) is 10.1. The maximum Gasteiger partial charge on any atom is 0.139 e. The van der Waals surface area contributed by atoms with Gasteiger partial charge in [0.25, 0.3) is 0 Å². The highest BCUT2D eigenvalue weighted by atomic mass is 16.5. The third-order valence-electron chi connectivity index (χ3n) is 5.24. The number of amidine groups is 1. The van der Waals surface area contributed by atoms with Crippen LogP contribution >= 0.6 is 0 Å². The minimum Gasteiger partial charge on any atom is -0.384 e. The van der Waals surface area contributed by atoms with Gasteiger partial charge in [-0.3, -0.25) is 14.8 Å². The summed E-state index contributed by atoms with van der Waals surface area (Å²) >= 11 is 0. The predicted molar refractivity (Wildman–Crippen MR) is 119 cm³/mol. The second-order valence-corrected chi connectivity index (χ2v) is 7.47. The van der Waals surface area contributed by atoms with Crippen molar-refractivity contribution in [2.24, 2.45) is 4.99 Å². The summed E-state index contributed by atoms with van der Waals surface area (Å²) in [4.78, 5) is 21.9. The van der Waals surface area contributed by atoms with Gasteiger partial charge in [0.05, 0.1) is 13.2 Å². The van der Waals surface area contributed by atoms with Crippen LogP contribution in [0.15, 0.2) is 77.9 Å². The van der Waals surface area contributed by atoms with E-state index in [0.717, 1.165) is 33.9 Å². The molecule has 5 heteroatoms. The van der Waals surface area contributed by atoms with Crippen LogP contribution in [-0.2, 0) is 22.5 Å². The summed E-state index contributed by atoms with van der Waals surface area (Å²) in [6.45, 7) is 1.13. The van der Waals surface area contributed by atoms with E-state index in [0.29, 0.717) is 26.0 Å². The number of Topliss-reactive ketones (excluding diaryl/α,β-unsaturated/α-hetero) is 1. The number of aromatic nitrogens is 1. The van der Waals surface area contributed by atoms with Crippen LogP contribution in [-0.4, -0.2) is 30.3 Å². The molecule has 4 rings (SSSR count). The highest BCUT2D eigenvalue weighted by Crippen LogP contribution is 2.23. The summed E-state index contributed by atoms with van der Waals surface area (Å²) in [5.41, 5.74) is 5.01. The smallest absolute Gasteiger partial charge is 0.139 e. The number of carbonyl (C=O) groups is 1. The number of nitrogens with one attached hydrogen (secondary N) is 1. The van der Waals surface area contributed by atoms with Crippen LogP contribution in [0.2, 0.25) is 0 Å². The van der Waals surface area contributed by atoms with E-state index in [1.54, 1.807) is 7.11 Å². The van der Waals surface area contributed by atoms with E-state index < -0.39 is 0 Å². The first kappa shape index (κ1) is 20.0. The molecular weight excluding hydrogens is 374 g/mol. The molecule has 0 bridgehead atoms. The fourth-order valence-electron chi connectivity index (χ4n) is 3.75. The van der Waals surface area contributed by atoms with Crippen molar-refractivity contribution < 1.29 is 9.53 Å². The summed E-state index contributed by atoms with van der Waals surface area (Å²) in [7, 11) is 1.67. The number of benzene rings is 2. The van der Waals surface area contributed by atoms with Gasteiger partial charge in [-0.05, 0) is 29.3 Å². The van der Waals surface area contributed by atoms with Crippen LogP contribution in [0.25, 0.3) is 0 Å². The van der Waals surface area contributed by atoms with Gasteiger partial charge < -0.3 is 10.1 Å². The first-order valence-electron chi connectivity index (χ1n) is 10.1. The zero-order valence-electron chi connectivity index (χ0n) is 17.0. The number of pyridine rings is 1. The van der Waals surface area contributed by atoms with Crippen molar-refractivity contribution >= 4 is 17.3 Å². The first-order chi connectivity index (χ1) is 14.7. The summed E-state index contributed by atoms with van der Waals surface area (Å²) in [6, 6.07) is 22.0. The predicted octanol–water partition coefficient (Wildman–Crippen LogP) is 4.39. The van der Waals surface area contributed by atoms with Crippen LogP contribution in [0.3, 0.4) is 0 Å². The molecule has 1 aliphatic heterocycles. The molecule has 0 aliphatic carbocycles. The Morgan fingerprint density at radius 2 is 1.83 bits per heavy atom. The second-order valence-electron chi connectivity index (χ2n) is 7.47. The van der Waals surface area contributed by atoms with Crippen molar-refractivity contribution in [2.75, 3.05) is 19.0 Å². The lowest BCUT2D eigenvalue weighted by Crippen LogP contribution is -2.15. The minimum absolute atomic E-state index is 0.0585. The third kappa shape index (κ3) is 4.81. The molecule has 152 valence electrons. The molecule has 2 heterocycles. The molecule has 0 fully saturated rings. The topological polar surface area (TPSA) is 63.6 Å². The summed E-state index contributed by atoms with van der Waals surface area (Å²) < 4.78 is 5.34. The third-order valence-corrected chi connectivity index (χ3v) is 5.24. The fourth-order valence-corrected chi connectivity index (χ4v) is 3.75. The van der Waals surface area contributed by atoms with Gasteiger partial charge in [0, 0.05) is 49.0 Å². The molecule has 0 radical (unpaired) electrons. The van der Waals surface area contributed by atoms with Crippen LogP contribution in [0.1, 0.15) is 34.7 Å². The number of nitrogens with zero attached hydrogens (tertiary/aromatic N) is 2. The number of anilines is 1. The Bertz CT molecular complexity index is 1030. The number of methoxy groups -OCH3 is 1. The Hall–Kier alpha value is -3.31. The number of ether oxygens (including phenoxy) is 1. The number of aliphatic imine (C=N–C) groups is 1. The molecule has 5 nitrogen and oxygen atoms in total. The molecule has 0 unspecified atom stereocenters. The normalized spacial score (nSPS) is 13.4.